The molecule has 0 unspecified atom stereocenters. The number of nitrogens with one attached hydrogen (secondary N) is 1. The maximum absolute atomic E-state index is 13.2. The Morgan fingerprint density at radius 3 is 2.14 bits per heavy atom. The highest BCUT2D eigenvalue weighted by Gasteiger charge is 2.19. The smallest absolute Gasteiger partial charge is 0.321 e. The SMILES string of the molecule is Cc1cccc(C)c1C(=O)Nc1ccccc1S(=O)(=O)F. The van der Waals surface area contributed by atoms with Crippen molar-refractivity contribution in [3.63, 3.8) is 0 Å². The first-order valence-electron chi connectivity index (χ1n) is 6.22. The third-order valence-corrected chi connectivity index (χ3v) is 3.99. The highest BCUT2D eigenvalue weighted by Crippen LogP contribution is 2.24. The Morgan fingerprint density at radius 2 is 1.57 bits per heavy atom. The molecule has 0 spiro atoms. The lowest BCUT2D eigenvalue weighted by atomic mass is 10.0. The van der Waals surface area contributed by atoms with Crippen molar-refractivity contribution in [1.82, 2.24) is 0 Å². The zero-order valence-electron chi connectivity index (χ0n) is 11.6. The van der Waals surface area contributed by atoms with E-state index < -0.39 is 21.0 Å². The van der Waals surface area contributed by atoms with Crippen molar-refractivity contribution in [2.75, 3.05) is 5.32 Å². The average Bonchev–Trinajstić information content (AvgIpc) is 2.37. The van der Waals surface area contributed by atoms with Crippen LogP contribution in [-0.2, 0) is 10.2 Å². The van der Waals surface area contributed by atoms with Gasteiger partial charge in [0.2, 0.25) is 0 Å². The summed E-state index contributed by atoms with van der Waals surface area (Å²) in [4.78, 5) is 11.8. The summed E-state index contributed by atoms with van der Waals surface area (Å²) in [6.07, 6.45) is 0. The lowest BCUT2D eigenvalue weighted by Crippen LogP contribution is -2.16. The summed E-state index contributed by atoms with van der Waals surface area (Å²) in [5.74, 6) is -0.471. The van der Waals surface area contributed by atoms with Crippen LogP contribution in [0, 0.1) is 13.8 Å². The molecule has 21 heavy (non-hydrogen) atoms. The van der Waals surface area contributed by atoms with E-state index in [4.69, 9.17) is 0 Å². The van der Waals surface area contributed by atoms with Gasteiger partial charge in [0.05, 0.1) is 5.69 Å². The van der Waals surface area contributed by atoms with Gasteiger partial charge in [0.1, 0.15) is 4.90 Å². The van der Waals surface area contributed by atoms with Gasteiger partial charge in [-0.1, -0.05) is 30.3 Å². The Kier molecular flexibility index (Phi) is 4.09. The summed E-state index contributed by atoms with van der Waals surface area (Å²) < 4.78 is 35.4. The molecule has 2 aromatic rings. The first kappa shape index (κ1) is 15.2. The highest BCUT2D eigenvalue weighted by atomic mass is 32.3. The fourth-order valence-corrected chi connectivity index (χ4v) is 2.76. The molecule has 4 nitrogen and oxygen atoms in total. The Balaban J connectivity index is 2.42. The molecule has 1 amide bonds. The second-order valence-electron chi connectivity index (χ2n) is 4.65. The van der Waals surface area contributed by atoms with Crippen LogP contribution in [0.4, 0.5) is 9.57 Å². The van der Waals surface area contributed by atoms with E-state index >= 15 is 0 Å². The summed E-state index contributed by atoms with van der Waals surface area (Å²) >= 11 is 0. The largest absolute Gasteiger partial charge is 0.334 e. The normalized spacial score (nSPS) is 11.2. The first-order chi connectivity index (χ1) is 9.80. The van der Waals surface area contributed by atoms with Crippen molar-refractivity contribution in [3.8, 4) is 0 Å². The van der Waals surface area contributed by atoms with Crippen LogP contribution in [0.1, 0.15) is 21.5 Å². The minimum absolute atomic E-state index is 0.0762. The first-order valence-corrected chi connectivity index (χ1v) is 7.60. The van der Waals surface area contributed by atoms with Crippen molar-refractivity contribution >= 4 is 21.8 Å². The van der Waals surface area contributed by atoms with Gasteiger partial charge < -0.3 is 5.32 Å². The molecule has 0 saturated carbocycles. The number of carbonyl (C=O) groups excluding carboxylic acids is 1. The van der Waals surface area contributed by atoms with E-state index in [2.05, 4.69) is 5.32 Å². The van der Waals surface area contributed by atoms with Crippen LogP contribution in [0.5, 0.6) is 0 Å². The van der Waals surface area contributed by atoms with Crippen LogP contribution in [0.2, 0.25) is 0 Å². The molecule has 2 aromatic carbocycles. The van der Waals surface area contributed by atoms with Crippen LogP contribution in [0.3, 0.4) is 0 Å². The van der Waals surface area contributed by atoms with Gasteiger partial charge >= 0.3 is 10.2 Å². The Morgan fingerprint density at radius 1 is 1.00 bits per heavy atom. The second-order valence-corrected chi connectivity index (χ2v) is 5.97. The summed E-state index contributed by atoms with van der Waals surface area (Å²) in [7, 11) is -4.90. The molecular weight excluding hydrogens is 293 g/mol. The summed E-state index contributed by atoms with van der Waals surface area (Å²) in [5.41, 5.74) is 1.89. The Labute approximate surface area is 122 Å². The van der Waals surface area contributed by atoms with Gasteiger partial charge in [0, 0.05) is 5.56 Å². The molecule has 0 fully saturated rings. The van der Waals surface area contributed by atoms with Crippen molar-refractivity contribution in [1.29, 1.82) is 0 Å². The van der Waals surface area contributed by atoms with Gasteiger partial charge in [0.15, 0.2) is 0 Å². The molecule has 0 aliphatic heterocycles. The Bertz CT molecular complexity index is 780. The highest BCUT2D eigenvalue weighted by molar-refractivity contribution is 7.86. The monoisotopic (exact) mass is 307 g/mol. The zero-order valence-corrected chi connectivity index (χ0v) is 12.4. The third-order valence-electron chi connectivity index (χ3n) is 3.11. The van der Waals surface area contributed by atoms with Gasteiger partial charge in [-0.05, 0) is 37.1 Å². The topological polar surface area (TPSA) is 63.2 Å². The molecule has 2 rings (SSSR count). The molecule has 110 valence electrons. The molecule has 0 aliphatic rings. The maximum Gasteiger partial charge on any atom is 0.334 e. The van der Waals surface area contributed by atoms with E-state index in [1.807, 2.05) is 6.07 Å². The van der Waals surface area contributed by atoms with Crippen molar-refractivity contribution in [2.45, 2.75) is 18.7 Å². The fraction of sp³-hybridized carbons (Fsp3) is 0.133. The molecule has 0 aromatic heterocycles. The lowest BCUT2D eigenvalue weighted by molar-refractivity contribution is 0.102. The Hall–Kier alpha value is -2.21. The van der Waals surface area contributed by atoms with Crippen LogP contribution >= 0.6 is 0 Å². The van der Waals surface area contributed by atoms with E-state index in [0.717, 1.165) is 17.2 Å². The number of hydrogen-bond donors (Lipinski definition) is 1. The fourth-order valence-electron chi connectivity index (χ4n) is 2.14. The number of rotatable bonds is 3. The summed E-state index contributed by atoms with van der Waals surface area (Å²) in [6.45, 7) is 3.55. The number of aryl methyl sites for hydroxylation is 2. The molecule has 0 saturated heterocycles. The molecular formula is C15H14FNO3S. The van der Waals surface area contributed by atoms with Crippen molar-refractivity contribution in [3.05, 3.63) is 59.2 Å². The quantitative estimate of drug-likeness (QED) is 0.886. The third kappa shape index (κ3) is 3.28. The molecule has 0 heterocycles. The number of amides is 1. The standard InChI is InChI=1S/C15H14FNO3S/c1-10-6-5-7-11(2)14(10)15(18)17-12-8-3-4-9-13(12)21(16,19)20/h3-9H,1-2H3,(H,17,18). The van der Waals surface area contributed by atoms with E-state index in [1.54, 1.807) is 26.0 Å². The predicted octanol–water partition coefficient (Wildman–Crippen LogP) is 3.21. The van der Waals surface area contributed by atoms with E-state index in [1.165, 1.54) is 18.2 Å². The van der Waals surface area contributed by atoms with Crippen LogP contribution < -0.4 is 5.32 Å². The van der Waals surface area contributed by atoms with Crippen molar-refractivity contribution < 1.29 is 17.1 Å². The average molecular weight is 307 g/mol. The van der Waals surface area contributed by atoms with E-state index in [-0.39, 0.29) is 5.69 Å². The van der Waals surface area contributed by atoms with Crippen molar-refractivity contribution in [2.24, 2.45) is 0 Å². The van der Waals surface area contributed by atoms with Gasteiger partial charge in [-0.25, -0.2) is 0 Å². The minimum Gasteiger partial charge on any atom is -0.321 e. The second kappa shape index (κ2) is 5.65. The minimum atomic E-state index is -4.90. The number of para-hydroxylation sites is 1. The van der Waals surface area contributed by atoms with Gasteiger partial charge in [-0.3, -0.25) is 4.79 Å². The summed E-state index contributed by atoms with van der Waals surface area (Å²) in [6, 6.07) is 10.7. The number of carbonyl (C=O) groups is 1. The van der Waals surface area contributed by atoms with Crippen LogP contribution in [0.25, 0.3) is 0 Å². The van der Waals surface area contributed by atoms with Gasteiger partial charge in [-0.15, -0.1) is 3.89 Å². The van der Waals surface area contributed by atoms with E-state index in [9.17, 15) is 17.1 Å². The molecule has 6 heteroatoms. The van der Waals surface area contributed by atoms with Crippen LogP contribution in [0.15, 0.2) is 47.4 Å². The molecule has 0 bridgehead atoms. The van der Waals surface area contributed by atoms with Gasteiger partial charge in [0.25, 0.3) is 5.91 Å². The zero-order chi connectivity index (χ0) is 15.6. The number of benzene rings is 2. The molecule has 0 radical (unpaired) electrons. The molecule has 0 atom stereocenters. The van der Waals surface area contributed by atoms with Gasteiger partial charge in [-0.2, -0.15) is 8.42 Å². The number of halogens is 1. The molecule has 1 N–H and O–H groups in total. The predicted molar refractivity (Wildman–Crippen MR) is 78.6 cm³/mol. The number of anilines is 1. The lowest BCUT2D eigenvalue weighted by Gasteiger charge is -2.12. The molecule has 0 aliphatic carbocycles. The summed E-state index contributed by atoms with van der Waals surface area (Å²) in [5, 5.41) is 2.46. The number of hydrogen-bond acceptors (Lipinski definition) is 3. The maximum atomic E-state index is 13.2. The van der Waals surface area contributed by atoms with E-state index in [0.29, 0.717) is 5.56 Å². The van der Waals surface area contributed by atoms with Crippen LogP contribution in [-0.4, -0.2) is 14.3 Å².